The van der Waals surface area contributed by atoms with Gasteiger partial charge in [0.15, 0.2) is 0 Å². The molecule has 0 aromatic rings. The van der Waals surface area contributed by atoms with Gasteiger partial charge in [-0.3, -0.25) is 0 Å². The van der Waals surface area contributed by atoms with Crippen LogP contribution >= 0.6 is 0 Å². The van der Waals surface area contributed by atoms with Crippen molar-refractivity contribution >= 4 is 12.0 Å². The van der Waals surface area contributed by atoms with Gasteiger partial charge in [0.05, 0.1) is 6.10 Å². The molecule has 116 valence electrons. The summed E-state index contributed by atoms with van der Waals surface area (Å²) in [5.74, 6) is -2.17. The molecule has 0 spiro atoms. The summed E-state index contributed by atoms with van der Waals surface area (Å²) in [6.07, 6.45) is -4.28. The van der Waals surface area contributed by atoms with Crippen LogP contribution in [0.5, 0.6) is 0 Å². The van der Waals surface area contributed by atoms with Crippen molar-refractivity contribution in [1.82, 2.24) is 10.6 Å². The number of halogens is 3. The molecule has 3 N–H and O–H groups in total. The van der Waals surface area contributed by atoms with Crippen LogP contribution in [0.1, 0.15) is 26.7 Å². The standard InChI is InChI=1S/C11H17F3N2O4/c1-6-5-7(3-4-20-6)15-9(19)16-10(2,8(17)18)11(12,13)14/h6-7H,3-5H2,1-2H3,(H,17,18)(H2,15,16,19). The first-order chi connectivity index (χ1) is 9.06. The predicted molar refractivity (Wildman–Crippen MR) is 62.2 cm³/mol. The van der Waals surface area contributed by atoms with Gasteiger partial charge >= 0.3 is 18.2 Å². The zero-order chi connectivity index (χ0) is 15.6. The Bertz CT molecular complexity index is 388. The Hall–Kier alpha value is -1.51. The van der Waals surface area contributed by atoms with Gasteiger partial charge in [-0.25, -0.2) is 9.59 Å². The van der Waals surface area contributed by atoms with Crippen molar-refractivity contribution in [3.05, 3.63) is 0 Å². The highest BCUT2D eigenvalue weighted by Crippen LogP contribution is 2.30. The maximum atomic E-state index is 12.7. The van der Waals surface area contributed by atoms with Gasteiger partial charge in [-0.1, -0.05) is 0 Å². The van der Waals surface area contributed by atoms with E-state index in [-0.39, 0.29) is 12.1 Å². The molecule has 1 aliphatic heterocycles. The van der Waals surface area contributed by atoms with Gasteiger partial charge in [-0.15, -0.1) is 0 Å². The van der Waals surface area contributed by atoms with Crippen molar-refractivity contribution < 1.29 is 32.6 Å². The first-order valence-corrected chi connectivity index (χ1v) is 6.06. The summed E-state index contributed by atoms with van der Waals surface area (Å²) in [6, 6.07) is -1.50. The Balaban J connectivity index is 2.66. The van der Waals surface area contributed by atoms with Crippen LogP contribution in [0, 0.1) is 0 Å². The van der Waals surface area contributed by atoms with Gasteiger partial charge in [0.2, 0.25) is 5.54 Å². The Morgan fingerprint density at radius 3 is 2.40 bits per heavy atom. The molecule has 1 aliphatic rings. The lowest BCUT2D eigenvalue weighted by atomic mass is 10.0. The maximum absolute atomic E-state index is 12.7. The van der Waals surface area contributed by atoms with E-state index < -0.39 is 23.7 Å². The van der Waals surface area contributed by atoms with Crippen molar-refractivity contribution in [1.29, 1.82) is 0 Å². The molecule has 0 saturated carbocycles. The second-order valence-electron chi connectivity index (χ2n) is 4.93. The Kier molecular flexibility index (Phi) is 4.85. The van der Waals surface area contributed by atoms with E-state index in [1.54, 1.807) is 6.92 Å². The van der Waals surface area contributed by atoms with Gasteiger partial charge in [0.25, 0.3) is 0 Å². The molecular formula is C11H17F3N2O4. The molecule has 3 unspecified atom stereocenters. The van der Waals surface area contributed by atoms with Gasteiger partial charge in [0, 0.05) is 12.6 Å². The number of carboxylic acids is 1. The molecule has 2 amide bonds. The monoisotopic (exact) mass is 298 g/mol. The fraction of sp³-hybridized carbons (Fsp3) is 0.818. The minimum Gasteiger partial charge on any atom is -0.479 e. The third kappa shape index (κ3) is 3.75. The molecule has 0 aromatic heterocycles. The van der Waals surface area contributed by atoms with E-state index in [1.165, 1.54) is 5.32 Å². The highest BCUT2D eigenvalue weighted by atomic mass is 19.4. The molecule has 1 fully saturated rings. The van der Waals surface area contributed by atoms with Crippen LogP contribution in [0.3, 0.4) is 0 Å². The fourth-order valence-electron chi connectivity index (χ4n) is 1.82. The highest BCUT2D eigenvalue weighted by molar-refractivity contribution is 5.86. The molecule has 0 aromatic carbocycles. The first kappa shape index (κ1) is 16.5. The number of amides is 2. The van der Waals surface area contributed by atoms with E-state index in [1.807, 2.05) is 0 Å². The average molecular weight is 298 g/mol. The Morgan fingerprint density at radius 1 is 1.35 bits per heavy atom. The Morgan fingerprint density at radius 2 is 1.95 bits per heavy atom. The molecule has 20 heavy (non-hydrogen) atoms. The van der Waals surface area contributed by atoms with Crippen molar-refractivity contribution in [2.45, 2.75) is 50.6 Å². The molecule has 1 saturated heterocycles. The number of rotatable bonds is 3. The zero-order valence-corrected chi connectivity index (χ0v) is 11.1. The van der Waals surface area contributed by atoms with Crippen LogP contribution < -0.4 is 10.6 Å². The quantitative estimate of drug-likeness (QED) is 0.732. The molecule has 6 nitrogen and oxygen atoms in total. The third-order valence-corrected chi connectivity index (χ3v) is 3.18. The number of alkyl halides is 3. The summed E-state index contributed by atoms with van der Waals surface area (Å²) in [6.45, 7) is 2.58. The molecule has 0 radical (unpaired) electrons. The fourth-order valence-corrected chi connectivity index (χ4v) is 1.82. The number of nitrogens with one attached hydrogen (secondary N) is 2. The number of hydrogen-bond donors (Lipinski definition) is 3. The lowest BCUT2D eigenvalue weighted by Crippen LogP contribution is -2.64. The third-order valence-electron chi connectivity index (χ3n) is 3.18. The zero-order valence-electron chi connectivity index (χ0n) is 11.1. The molecule has 0 bridgehead atoms. The molecular weight excluding hydrogens is 281 g/mol. The largest absolute Gasteiger partial charge is 0.479 e. The van der Waals surface area contributed by atoms with Crippen LogP contribution in [0.15, 0.2) is 0 Å². The predicted octanol–water partition coefficient (Wildman–Crippen LogP) is 1.26. The van der Waals surface area contributed by atoms with E-state index in [9.17, 15) is 22.8 Å². The number of ether oxygens (including phenoxy) is 1. The van der Waals surface area contributed by atoms with Crippen LogP contribution in [0.25, 0.3) is 0 Å². The van der Waals surface area contributed by atoms with E-state index in [0.29, 0.717) is 26.4 Å². The molecule has 0 aliphatic carbocycles. The summed E-state index contributed by atoms with van der Waals surface area (Å²) >= 11 is 0. The van der Waals surface area contributed by atoms with Crippen LogP contribution in [0.4, 0.5) is 18.0 Å². The van der Waals surface area contributed by atoms with E-state index in [2.05, 4.69) is 5.32 Å². The van der Waals surface area contributed by atoms with Gasteiger partial charge in [-0.05, 0) is 26.7 Å². The number of aliphatic carboxylic acids is 1. The summed E-state index contributed by atoms with van der Waals surface area (Å²) in [4.78, 5) is 22.3. The van der Waals surface area contributed by atoms with Crippen molar-refractivity contribution in [2.75, 3.05) is 6.61 Å². The number of carbonyl (C=O) groups is 2. The lowest BCUT2D eigenvalue weighted by Gasteiger charge is -2.31. The smallest absolute Gasteiger partial charge is 0.422 e. The number of urea groups is 1. The first-order valence-electron chi connectivity index (χ1n) is 6.06. The number of carbonyl (C=O) groups excluding carboxylic acids is 1. The number of carboxylic acid groups (broad SMARTS) is 1. The van der Waals surface area contributed by atoms with E-state index in [4.69, 9.17) is 9.84 Å². The highest BCUT2D eigenvalue weighted by Gasteiger charge is 2.58. The normalized spacial score (nSPS) is 26.4. The molecule has 1 rings (SSSR count). The minimum absolute atomic E-state index is 0.109. The minimum atomic E-state index is -5.10. The van der Waals surface area contributed by atoms with Crippen LogP contribution in [-0.2, 0) is 9.53 Å². The molecule has 1 heterocycles. The van der Waals surface area contributed by atoms with Gasteiger partial charge in [0.1, 0.15) is 0 Å². The summed E-state index contributed by atoms with van der Waals surface area (Å²) in [5, 5.41) is 12.5. The van der Waals surface area contributed by atoms with Gasteiger partial charge in [-0.2, -0.15) is 13.2 Å². The Labute approximate surface area is 113 Å². The van der Waals surface area contributed by atoms with Crippen LogP contribution in [0.2, 0.25) is 0 Å². The van der Waals surface area contributed by atoms with Crippen molar-refractivity contribution in [2.24, 2.45) is 0 Å². The molecule has 3 atom stereocenters. The van der Waals surface area contributed by atoms with Gasteiger partial charge < -0.3 is 20.5 Å². The van der Waals surface area contributed by atoms with E-state index >= 15 is 0 Å². The maximum Gasteiger partial charge on any atom is 0.422 e. The topological polar surface area (TPSA) is 87.7 Å². The second kappa shape index (κ2) is 5.86. The summed E-state index contributed by atoms with van der Waals surface area (Å²) in [7, 11) is 0. The van der Waals surface area contributed by atoms with Crippen molar-refractivity contribution in [3.63, 3.8) is 0 Å². The SMILES string of the molecule is CC1CC(NC(=O)NC(C)(C(=O)O)C(F)(F)F)CCO1. The lowest BCUT2D eigenvalue weighted by molar-refractivity contribution is -0.203. The van der Waals surface area contributed by atoms with E-state index in [0.717, 1.165) is 0 Å². The second-order valence-corrected chi connectivity index (χ2v) is 4.93. The molecule has 9 heteroatoms. The summed E-state index contributed by atoms with van der Waals surface area (Å²) in [5.41, 5.74) is -3.33. The van der Waals surface area contributed by atoms with Crippen molar-refractivity contribution in [3.8, 4) is 0 Å². The number of hydrogen-bond acceptors (Lipinski definition) is 3. The summed E-state index contributed by atoms with van der Waals surface area (Å²) < 4.78 is 43.4. The van der Waals surface area contributed by atoms with Crippen LogP contribution in [-0.4, -0.2) is 47.6 Å². The average Bonchev–Trinajstić information content (AvgIpc) is 2.26.